The Hall–Kier alpha value is -1.88. The fraction of sp³-hybridized carbons (Fsp3) is 0.467. The van der Waals surface area contributed by atoms with Gasteiger partial charge in [0.05, 0.1) is 12.2 Å². The van der Waals surface area contributed by atoms with Gasteiger partial charge in [0.25, 0.3) is 0 Å². The molecule has 0 saturated carbocycles. The summed E-state index contributed by atoms with van der Waals surface area (Å²) in [5, 5.41) is 8.76. The van der Waals surface area contributed by atoms with Gasteiger partial charge in [-0.2, -0.15) is 0 Å². The number of benzene rings is 1. The highest BCUT2D eigenvalue weighted by Crippen LogP contribution is 2.14. The van der Waals surface area contributed by atoms with E-state index in [1.807, 2.05) is 6.92 Å². The molecule has 0 saturated heterocycles. The van der Waals surface area contributed by atoms with Gasteiger partial charge in [0.2, 0.25) is 0 Å². The summed E-state index contributed by atoms with van der Waals surface area (Å²) in [7, 11) is 0. The molecule has 20 heavy (non-hydrogen) atoms. The van der Waals surface area contributed by atoms with Crippen LogP contribution in [0.25, 0.3) is 0 Å². The van der Waals surface area contributed by atoms with Gasteiger partial charge in [-0.05, 0) is 37.1 Å². The maximum atomic E-state index is 11.8. The van der Waals surface area contributed by atoms with Gasteiger partial charge in [-0.15, -0.1) is 0 Å². The Morgan fingerprint density at radius 3 is 2.30 bits per heavy atom. The number of ether oxygens (including phenoxy) is 2. The van der Waals surface area contributed by atoms with E-state index in [1.54, 1.807) is 6.92 Å². The fourth-order valence-electron chi connectivity index (χ4n) is 1.36. The van der Waals surface area contributed by atoms with Crippen molar-refractivity contribution in [3.05, 3.63) is 29.8 Å². The van der Waals surface area contributed by atoms with E-state index < -0.39 is 18.0 Å². The highest BCUT2D eigenvalue weighted by molar-refractivity contribution is 5.87. The first-order chi connectivity index (χ1) is 9.43. The highest BCUT2D eigenvalue weighted by Gasteiger charge is 2.17. The Bertz CT molecular complexity index is 452. The molecule has 5 heteroatoms. The van der Waals surface area contributed by atoms with Gasteiger partial charge < -0.3 is 14.6 Å². The summed E-state index contributed by atoms with van der Waals surface area (Å²) < 4.78 is 10.5. The minimum absolute atomic E-state index is 0.144. The van der Waals surface area contributed by atoms with Gasteiger partial charge in [0.15, 0.2) is 6.10 Å². The van der Waals surface area contributed by atoms with Crippen LogP contribution in [0.5, 0.6) is 5.75 Å². The standard InChI is InChI=1S/C15H20O5/c1-4-10(2)9-19-11(3)15(18)20-13-7-5-12(6-8-13)14(16)17/h5-8,10-11H,4,9H2,1-3H3,(H,16,17)/t10?,11-/m0/s1. The molecule has 0 aliphatic heterocycles. The van der Waals surface area contributed by atoms with E-state index in [9.17, 15) is 9.59 Å². The van der Waals surface area contributed by atoms with Crippen LogP contribution in [-0.4, -0.2) is 29.8 Å². The summed E-state index contributed by atoms with van der Waals surface area (Å²) in [6, 6.07) is 5.66. The minimum Gasteiger partial charge on any atom is -0.478 e. The number of rotatable bonds is 7. The molecular formula is C15H20O5. The maximum Gasteiger partial charge on any atom is 0.340 e. The second kappa shape index (κ2) is 7.65. The molecule has 5 nitrogen and oxygen atoms in total. The molecule has 0 fully saturated rings. The molecule has 1 aromatic rings. The second-order valence-corrected chi connectivity index (χ2v) is 4.74. The van der Waals surface area contributed by atoms with E-state index in [0.29, 0.717) is 18.3 Å². The molecule has 0 radical (unpaired) electrons. The van der Waals surface area contributed by atoms with Crippen molar-refractivity contribution in [3.63, 3.8) is 0 Å². The third kappa shape index (κ3) is 5.01. The lowest BCUT2D eigenvalue weighted by Gasteiger charge is -2.15. The molecule has 1 unspecified atom stereocenters. The van der Waals surface area contributed by atoms with Crippen molar-refractivity contribution in [1.82, 2.24) is 0 Å². The summed E-state index contributed by atoms with van der Waals surface area (Å²) in [5.41, 5.74) is 0.144. The maximum absolute atomic E-state index is 11.8. The second-order valence-electron chi connectivity index (χ2n) is 4.74. The third-order valence-corrected chi connectivity index (χ3v) is 2.98. The van der Waals surface area contributed by atoms with Crippen molar-refractivity contribution in [1.29, 1.82) is 0 Å². The fourth-order valence-corrected chi connectivity index (χ4v) is 1.36. The van der Waals surface area contributed by atoms with Crippen LogP contribution in [0.15, 0.2) is 24.3 Å². The van der Waals surface area contributed by atoms with Gasteiger partial charge in [-0.1, -0.05) is 20.3 Å². The van der Waals surface area contributed by atoms with E-state index in [1.165, 1.54) is 24.3 Å². The molecule has 0 spiro atoms. The van der Waals surface area contributed by atoms with E-state index in [2.05, 4.69) is 6.92 Å². The number of aromatic carboxylic acids is 1. The van der Waals surface area contributed by atoms with Crippen LogP contribution in [0.4, 0.5) is 0 Å². The summed E-state index contributed by atoms with van der Waals surface area (Å²) in [6.07, 6.45) is 0.335. The topological polar surface area (TPSA) is 72.8 Å². The monoisotopic (exact) mass is 280 g/mol. The van der Waals surface area contributed by atoms with Gasteiger partial charge >= 0.3 is 11.9 Å². The van der Waals surface area contributed by atoms with Crippen molar-refractivity contribution in [2.75, 3.05) is 6.61 Å². The van der Waals surface area contributed by atoms with E-state index in [-0.39, 0.29) is 5.56 Å². The smallest absolute Gasteiger partial charge is 0.340 e. The third-order valence-electron chi connectivity index (χ3n) is 2.98. The van der Waals surface area contributed by atoms with Gasteiger partial charge in [-0.3, -0.25) is 0 Å². The highest BCUT2D eigenvalue weighted by atomic mass is 16.6. The first-order valence-electron chi connectivity index (χ1n) is 6.60. The Labute approximate surface area is 118 Å². The summed E-state index contributed by atoms with van der Waals surface area (Å²) in [6.45, 7) is 6.24. The molecule has 0 aromatic heterocycles. The Morgan fingerprint density at radius 2 is 1.80 bits per heavy atom. The van der Waals surface area contributed by atoms with Crippen LogP contribution in [0.1, 0.15) is 37.6 Å². The van der Waals surface area contributed by atoms with Crippen molar-refractivity contribution in [2.45, 2.75) is 33.3 Å². The quantitative estimate of drug-likeness (QED) is 0.614. The first-order valence-corrected chi connectivity index (χ1v) is 6.60. The predicted octanol–water partition coefficient (Wildman–Crippen LogP) is 2.74. The summed E-state index contributed by atoms with van der Waals surface area (Å²) in [4.78, 5) is 22.5. The van der Waals surface area contributed by atoms with Crippen molar-refractivity contribution in [3.8, 4) is 5.75 Å². The van der Waals surface area contributed by atoms with E-state index >= 15 is 0 Å². The van der Waals surface area contributed by atoms with Gasteiger partial charge in [-0.25, -0.2) is 9.59 Å². The minimum atomic E-state index is -1.02. The largest absolute Gasteiger partial charge is 0.478 e. The average molecular weight is 280 g/mol. The number of hydrogen-bond donors (Lipinski definition) is 1. The van der Waals surface area contributed by atoms with Crippen molar-refractivity contribution in [2.24, 2.45) is 5.92 Å². The van der Waals surface area contributed by atoms with E-state index in [0.717, 1.165) is 6.42 Å². The van der Waals surface area contributed by atoms with Gasteiger partial charge in [0.1, 0.15) is 5.75 Å². The molecule has 1 N–H and O–H groups in total. The molecule has 0 aliphatic rings. The van der Waals surface area contributed by atoms with Crippen LogP contribution in [0.3, 0.4) is 0 Å². The lowest BCUT2D eigenvalue weighted by atomic mass is 10.1. The molecule has 1 rings (SSSR count). The molecule has 110 valence electrons. The zero-order chi connectivity index (χ0) is 15.1. The number of carboxylic acids is 1. The Morgan fingerprint density at radius 1 is 1.20 bits per heavy atom. The molecule has 0 aliphatic carbocycles. The van der Waals surface area contributed by atoms with Crippen LogP contribution in [-0.2, 0) is 9.53 Å². The predicted molar refractivity (Wildman–Crippen MR) is 73.9 cm³/mol. The number of carbonyl (C=O) groups excluding carboxylic acids is 1. The van der Waals surface area contributed by atoms with Crippen LogP contribution in [0, 0.1) is 5.92 Å². The van der Waals surface area contributed by atoms with Crippen molar-refractivity contribution < 1.29 is 24.2 Å². The van der Waals surface area contributed by atoms with Crippen molar-refractivity contribution >= 4 is 11.9 Å². The molecule has 0 heterocycles. The Kier molecular flexibility index (Phi) is 6.18. The van der Waals surface area contributed by atoms with Crippen LogP contribution < -0.4 is 4.74 Å². The average Bonchev–Trinajstić information content (AvgIpc) is 2.44. The lowest BCUT2D eigenvalue weighted by Crippen LogP contribution is -2.27. The van der Waals surface area contributed by atoms with Crippen LogP contribution >= 0.6 is 0 Å². The number of hydrogen-bond acceptors (Lipinski definition) is 4. The van der Waals surface area contributed by atoms with Gasteiger partial charge in [0, 0.05) is 0 Å². The number of carboxylic acid groups (broad SMARTS) is 1. The number of carbonyl (C=O) groups is 2. The summed E-state index contributed by atoms with van der Waals surface area (Å²) in [5.74, 6) is -0.816. The molecular weight excluding hydrogens is 260 g/mol. The van der Waals surface area contributed by atoms with Crippen LogP contribution in [0.2, 0.25) is 0 Å². The van der Waals surface area contributed by atoms with E-state index in [4.69, 9.17) is 14.6 Å². The molecule has 0 amide bonds. The summed E-state index contributed by atoms with van der Waals surface area (Å²) >= 11 is 0. The Balaban J connectivity index is 2.50. The normalized spacial score (nSPS) is 13.6. The zero-order valence-corrected chi connectivity index (χ0v) is 12.0. The lowest BCUT2D eigenvalue weighted by molar-refractivity contribution is -0.146. The zero-order valence-electron chi connectivity index (χ0n) is 12.0. The molecule has 0 bridgehead atoms. The number of esters is 1. The SMILES string of the molecule is CCC(C)CO[C@@H](C)C(=O)Oc1ccc(C(=O)O)cc1. The molecule has 2 atom stereocenters. The molecule has 1 aromatic carbocycles. The first kappa shape index (κ1) is 16.2.